The molecule has 1 heteroatoms. The lowest BCUT2D eigenvalue weighted by atomic mass is 10.00. The predicted octanol–water partition coefficient (Wildman–Crippen LogP) is 4.84. The van der Waals surface area contributed by atoms with Crippen molar-refractivity contribution in [2.24, 2.45) is 0 Å². The van der Waals surface area contributed by atoms with Crippen LogP contribution in [-0.4, -0.2) is 4.98 Å². The molecule has 2 aliphatic carbocycles. The normalized spacial score (nSPS) is 13.5. The second-order valence-electron chi connectivity index (χ2n) is 6.65. The molecule has 0 aliphatic heterocycles. The highest BCUT2D eigenvalue weighted by atomic mass is 14.7. The van der Waals surface area contributed by atoms with Gasteiger partial charge in [0.15, 0.2) is 0 Å². The molecule has 0 N–H and O–H groups in total. The third-order valence-corrected chi connectivity index (χ3v) is 5.01. The summed E-state index contributed by atoms with van der Waals surface area (Å²) in [6.45, 7) is 4.33. The largest absolute Gasteiger partial charge is 0.256 e. The molecular formula is C21H17N. The molecule has 1 heterocycles. The van der Waals surface area contributed by atoms with Crippen molar-refractivity contribution in [2.75, 3.05) is 0 Å². The Hall–Kier alpha value is -2.41. The van der Waals surface area contributed by atoms with Gasteiger partial charge in [0.1, 0.15) is 0 Å². The van der Waals surface area contributed by atoms with Crippen molar-refractivity contribution in [3.8, 4) is 22.3 Å². The average molecular weight is 283 g/mol. The first-order valence-electron chi connectivity index (χ1n) is 7.91. The first-order valence-corrected chi connectivity index (χ1v) is 7.91. The SMILES string of the molecule is Cc1ccc2c(c1)-c1cc3c(nc1C2)Cc1ccc(C)cc1-3. The Morgan fingerprint density at radius 1 is 0.636 bits per heavy atom. The molecule has 0 atom stereocenters. The molecule has 1 nitrogen and oxygen atoms in total. The van der Waals surface area contributed by atoms with E-state index in [4.69, 9.17) is 4.98 Å². The summed E-state index contributed by atoms with van der Waals surface area (Å²) in [5.41, 5.74) is 13.4. The summed E-state index contributed by atoms with van der Waals surface area (Å²) in [5, 5.41) is 0. The van der Waals surface area contributed by atoms with Crippen LogP contribution in [0.3, 0.4) is 0 Å². The van der Waals surface area contributed by atoms with Gasteiger partial charge in [-0.25, -0.2) is 0 Å². The van der Waals surface area contributed by atoms with Crippen molar-refractivity contribution in [2.45, 2.75) is 26.7 Å². The number of hydrogen-bond acceptors (Lipinski definition) is 1. The molecule has 5 rings (SSSR count). The molecule has 0 unspecified atom stereocenters. The van der Waals surface area contributed by atoms with Gasteiger partial charge < -0.3 is 0 Å². The van der Waals surface area contributed by atoms with Crippen molar-refractivity contribution in [1.82, 2.24) is 4.98 Å². The van der Waals surface area contributed by atoms with E-state index in [0.29, 0.717) is 0 Å². The Morgan fingerprint density at radius 3 is 1.64 bits per heavy atom. The summed E-state index contributed by atoms with van der Waals surface area (Å²) >= 11 is 0. The van der Waals surface area contributed by atoms with E-state index in [0.717, 1.165) is 12.8 Å². The van der Waals surface area contributed by atoms with Crippen molar-refractivity contribution >= 4 is 0 Å². The van der Waals surface area contributed by atoms with Crippen LogP contribution in [0.4, 0.5) is 0 Å². The quantitative estimate of drug-likeness (QED) is 0.396. The van der Waals surface area contributed by atoms with E-state index in [9.17, 15) is 0 Å². The summed E-state index contributed by atoms with van der Waals surface area (Å²) < 4.78 is 0. The molecule has 0 bridgehead atoms. The van der Waals surface area contributed by atoms with Gasteiger partial charge in [-0.3, -0.25) is 4.98 Å². The van der Waals surface area contributed by atoms with E-state index in [2.05, 4.69) is 56.3 Å². The van der Waals surface area contributed by atoms with Crippen molar-refractivity contribution in [3.63, 3.8) is 0 Å². The Morgan fingerprint density at radius 2 is 1.14 bits per heavy atom. The molecule has 22 heavy (non-hydrogen) atoms. The Balaban J connectivity index is 1.76. The third-order valence-electron chi connectivity index (χ3n) is 5.01. The predicted molar refractivity (Wildman–Crippen MR) is 90.2 cm³/mol. The lowest BCUT2D eigenvalue weighted by Gasteiger charge is -2.06. The Labute approximate surface area is 130 Å². The van der Waals surface area contributed by atoms with E-state index in [1.807, 2.05) is 0 Å². The molecule has 0 spiro atoms. The number of fused-ring (bicyclic) bond motifs is 6. The third kappa shape index (κ3) is 1.57. The fourth-order valence-corrected chi connectivity index (χ4v) is 3.88. The number of hydrogen-bond donors (Lipinski definition) is 0. The first-order chi connectivity index (χ1) is 10.7. The van der Waals surface area contributed by atoms with Crippen LogP contribution in [0.1, 0.15) is 33.6 Å². The summed E-state index contributed by atoms with van der Waals surface area (Å²) in [6, 6.07) is 15.9. The second kappa shape index (κ2) is 4.07. The van der Waals surface area contributed by atoms with Crippen LogP contribution in [0.2, 0.25) is 0 Å². The zero-order valence-corrected chi connectivity index (χ0v) is 12.9. The van der Waals surface area contributed by atoms with Gasteiger partial charge in [0, 0.05) is 24.0 Å². The van der Waals surface area contributed by atoms with Crippen LogP contribution in [0.15, 0.2) is 42.5 Å². The molecule has 2 aliphatic rings. The topological polar surface area (TPSA) is 12.9 Å². The van der Waals surface area contributed by atoms with Crippen LogP contribution in [-0.2, 0) is 12.8 Å². The van der Waals surface area contributed by atoms with E-state index in [1.165, 1.54) is 55.9 Å². The number of aromatic nitrogens is 1. The minimum absolute atomic E-state index is 0.980. The van der Waals surface area contributed by atoms with Crippen molar-refractivity contribution < 1.29 is 0 Å². The summed E-state index contributed by atoms with van der Waals surface area (Å²) in [4.78, 5) is 5.02. The first kappa shape index (κ1) is 12.2. The molecule has 106 valence electrons. The lowest BCUT2D eigenvalue weighted by molar-refractivity contribution is 1.04. The molecule has 1 aromatic heterocycles. The Bertz CT molecular complexity index is 876. The highest BCUT2D eigenvalue weighted by molar-refractivity contribution is 5.84. The van der Waals surface area contributed by atoms with Crippen LogP contribution >= 0.6 is 0 Å². The van der Waals surface area contributed by atoms with Gasteiger partial charge >= 0.3 is 0 Å². The number of nitrogens with zero attached hydrogens (tertiary/aromatic N) is 1. The number of aryl methyl sites for hydroxylation is 2. The maximum Gasteiger partial charge on any atom is 0.0529 e. The summed E-state index contributed by atoms with van der Waals surface area (Å²) in [6.07, 6.45) is 1.96. The zero-order valence-electron chi connectivity index (χ0n) is 12.9. The van der Waals surface area contributed by atoms with Gasteiger partial charge in [0.25, 0.3) is 0 Å². The fourth-order valence-electron chi connectivity index (χ4n) is 3.88. The van der Waals surface area contributed by atoms with Gasteiger partial charge in [-0.05, 0) is 42.2 Å². The fraction of sp³-hybridized carbons (Fsp3) is 0.190. The van der Waals surface area contributed by atoms with Gasteiger partial charge in [0.05, 0.1) is 11.4 Å². The molecule has 0 fully saturated rings. The van der Waals surface area contributed by atoms with Crippen LogP contribution < -0.4 is 0 Å². The minimum Gasteiger partial charge on any atom is -0.256 e. The van der Waals surface area contributed by atoms with Gasteiger partial charge in [0.2, 0.25) is 0 Å². The van der Waals surface area contributed by atoms with Crippen molar-refractivity contribution in [3.05, 3.63) is 76.1 Å². The maximum atomic E-state index is 5.02. The Kier molecular flexibility index (Phi) is 2.25. The van der Waals surface area contributed by atoms with E-state index in [-0.39, 0.29) is 0 Å². The molecule has 2 aromatic carbocycles. The van der Waals surface area contributed by atoms with Crippen LogP contribution in [0.25, 0.3) is 22.3 Å². The second-order valence-corrected chi connectivity index (χ2v) is 6.65. The molecular weight excluding hydrogens is 266 g/mol. The molecule has 0 saturated carbocycles. The highest BCUT2D eigenvalue weighted by Gasteiger charge is 2.26. The smallest absolute Gasteiger partial charge is 0.0529 e. The average Bonchev–Trinajstić information content (AvgIpc) is 3.02. The number of benzene rings is 2. The van der Waals surface area contributed by atoms with E-state index in [1.54, 1.807) is 0 Å². The summed E-state index contributed by atoms with van der Waals surface area (Å²) in [5.74, 6) is 0. The molecule has 0 amide bonds. The van der Waals surface area contributed by atoms with Gasteiger partial charge in [-0.1, -0.05) is 47.5 Å². The monoisotopic (exact) mass is 283 g/mol. The minimum atomic E-state index is 0.980. The van der Waals surface area contributed by atoms with E-state index >= 15 is 0 Å². The maximum absolute atomic E-state index is 5.02. The molecule has 0 radical (unpaired) electrons. The lowest BCUT2D eigenvalue weighted by Crippen LogP contribution is -1.93. The van der Waals surface area contributed by atoms with Crippen LogP contribution in [0.5, 0.6) is 0 Å². The standard InChI is InChI=1S/C21H17N/c1-12-3-5-14-9-20-18(16(14)7-12)11-19-17-8-13(2)4-6-15(17)10-21(19)22-20/h3-8,11H,9-10H2,1-2H3. The van der Waals surface area contributed by atoms with E-state index < -0.39 is 0 Å². The van der Waals surface area contributed by atoms with Gasteiger partial charge in [-0.15, -0.1) is 0 Å². The van der Waals surface area contributed by atoms with Crippen LogP contribution in [0, 0.1) is 13.8 Å². The zero-order chi connectivity index (χ0) is 14.8. The van der Waals surface area contributed by atoms with Gasteiger partial charge in [-0.2, -0.15) is 0 Å². The molecule has 3 aromatic rings. The number of pyridine rings is 1. The summed E-state index contributed by atoms with van der Waals surface area (Å²) in [7, 11) is 0. The molecule has 0 saturated heterocycles. The van der Waals surface area contributed by atoms with Crippen molar-refractivity contribution in [1.29, 1.82) is 0 Å². The highest BCUT2D eigenvalue weighted by Crippen LogP contribution is 2.43. The number of rotatable bonds is 0.